The Hall–Kier alpha value is -4.17. The van der Waals surface area contributed by atoms with E-state index in [0.29, 0.717) is 61.2 Å². The van der Waals surface area contributed by atoms with E-state index >= 15 is 0 Å². The number of anilines is 3. The van der Waals surface area contributed by atoms with E-state index < -0.39 is 5.91 Å². The maximum atomic E-state index is 12.0. The van der Waals surface area contributed by atoms with E-state index in [9.17, 15) is 14.9 Å². The van der Waals surface area contributed by atoms with Gasteiger partial charge in [0.15, 0.2) is 11.6 Å². The number of likely N-dealkylation sites (N-methyl/N-ethyl adjacent to an activating group) is 1. The van der Waals surface area contributed by atoms with Crippen LogP contribution in [0.25, 0.3) is 0 Å². The molecule has 3 fully saturated rings. The highest BCUT2D eigenvalue weighted by Crippen LogP contribution is 2.43. The Labute approximate surface area is 228 Å². The number of hydrogen-bond acceptors (Lipinski definition) is 9. The highest BCUT2D eigenvalue weighted by Gasteiger charge is 2.49. The second-order valence-corrected chi connectivity index (χ2v) is 10.8. The lowest BCUT2D eigenvalue weighted by Crippen LogP contribution is -2.59. The summed E-state index contributed by atoms with van der Waals surface area (Å²) in [5, 5.41) is 10.3. The molecule has 204 valence electrons. The molecule has 0 saturated carbocycles. The molecule has 0 aliphatic carbocycles. The normalized spacial score (nSPS) is 20.0. The first-order valence-corrected chi connectivity index (χ1v) is 13.2. The second-order valence-electron chi connectivity index (χ2n) is 10.8. The topological polar surface area (TPSA) is 132 Å². The monoisotopic (exact) mass is 530 g/mol. The number of carbonyl (C=O) groups excluding carboxylic acids is 2. The van der Waals surface area contributed by atoms with Gasteiger partial charge in [-0.3, -0.25) is 9.59 Å². The molecule has 1 aromatic carbocycles. The van der Waals surface area contributed by atoms with Crippen molar-refractivity contribution in [1.29, 1.82) is 5.26 Å². The number of nitrogens with two attached hydrogens (primary N) is 1. The van der Waals surface area contributed by atoms with Crippen LogP contribution in [0.2, 0.25) is 0 Å². The van der Waals surface area contributed by atoms with Gasteiger partial charge in [-0.2, -0.15) is 15.2 Å². The van der Waals surface area contributed by atoms with Crippen LogP contribution >= 0.6 is 0 Å². The number of hydrogen-bond donors (Lipinski definition) is 1. The van der Waals surface area contributed by atoms with Crippen LogP contribution in [0.3, 0.4) is 0 Å². The van der Waals surface area contributed by atoms with Crippen molar-refractivity contribution in [1.82, 2.24) is 19.8 Å². The van der Waals surface area contributed by atoms with Crippen molar-refractivity contribution in [3.63, 3.8) is 0 Å². The molecule has 2 aromatic rings. The fraction of sp³-hybridized carbons (Fsp3) is 0.464. The van der Waals surface area contributed by atoms with Gasteiger partial charge >= 0.3 is 6.01 Å². The minimum atomic E-state index is -0.536. The predicted octanol–water partition coefficient (Wildman–Crippen LogP) is 1.91. The predicted molar refractivity (Wildman–Crippen MR) is 147 cm³/mol. The third kappa shape index (κ3) is 5.12. The molecule has 3 aliphatic heterocycles. The molecule has 5 rings (SSSR count). The summed E-state index contributed by atoms with van der Waals surface area (Å²) in [6.45, 7) is 7.75. The summed E-state index contributed by atoms with van der Waals surface area (Å²) in [7, 11) is 3.87. The van der Waals surface area contributed by atoms with Crippen LogP contribution in [0.1, 0.15) is 35.2 Å². The molecular weight excluding hydrogens is 496 g/mol. The third-order valence-electron chi connectivity index (χ3n) is 8.15. The molecule has 1 aromatic heterocycles. The van der Waals surface area contributed by atoms with Gasteiger partial charge < -0.3 is 30.1 Å². The molecule has 11 heteroatoms. The van der Waals surface area contributed by atoms with Gasteiger partial charge in [-0.25, -0.2) is 0 Å². The van der Waals surface area contributed by atoms with Crippen LogP contribution in [0, 0.1) is 16.7 Å². The number of rotatable bonds is 8. The second kappa shape index (κ2) is 10.5. The molecule has 39 heavy (non-hydrogen) atoms. The first-order chi connectivity index (χ1) is 18.7. The number of carbonyl (C=O) groups is 2. The Bertz CT molecular complexity index is 1330. The standard InChI is InChI=1S/C28H34N8O3/c1-4-23(37)36-17-28(18-36)10-12-35(16-28)26-22(14-29)25(34(3)20-8-5-7-19(13-20)24(30)38)31-27(32-26)39-15-21-9-6-11-33(21)2/h4-5,7-8,13,21H,1,6,9-12,15-18H2,2-3H3,(H2,30,38). The van der Waals surface area contributed by atoms with Crippen molar-refractivity contribution in [2.75, 3.05) is 63.2 Å². The first kappa shape index (κ1) is 26.4. The summed E-state index contributed by atoms with van der Waals surface area (Å²) in [6.07, 6.45) is 4.40. The Morgan fingerprint density at radius 3 is 2.77 bits per heavy atom. The lowest BCUT2D eigenvalue weighted by molar-refractivity contribution is -0.136. The smallest absolute Gasteiger partial charge is 0.320 e. The molecule has 2 amide bonds. The molecule has 0 bridgehead atoms. The number of nitrogens with zero attached hydrogens (tertiary/aromatic N) is 7. The van der Waals surface area contributed by atoms with Crippen LogP contribution < -0.4 is 20.3 Å². The fourth-order valence-corrected chi connectivity index (χ4v) is 5.83. The van der Waals surface area contributed by atoms with Gasteiger partial charge in [0.05, 0.1) is 0 Å². The minimum Gasteiger partial charge on any atom is -0.462 e. The molecule has 1 atom stereocenters. The van der Waals surface area contributed by atoms with Crippen LogP contribution in [-0.4, -0.2) is 91.0 Å². The van der Waals surface area contributed by atoms with E-state index in [1.54, 1.807) is 35.0 Å². The highest BCUT2D eigenvalue weighted by molar-refractivity contribution is 5.94. The van der Waals surface area contributed by atoms with Gasteiger partial charge in [0.1, 0.15) is 18.2 Å². The summed E-state index contributed by atoms with van der Waals surface area (Å²) in [4.78, 5) is 41.2. The van der Waals surface area contributed by atoms with E-state index in [0.717, 1.165) is 25.8 Å². The summed E-state index contributed by atoms with van der Waals surface area (Å²) in [5.74, 6) is 0.302. The average molecular weight is 531 g/mol. The molecule has 0 radical (unpaired) electrons. The molecule has 11 nitrogen and oxygen atoms in total. The maximum absolute atomic E-state index is 12.0. The molecule has 1 spiro atoms. The van der Waals surface area contributed by atoms with E-state index in [1.807, 2.05) is 6.07 Å². The lowest BCUT2D eigenvalue weighted by atomic mass is 9.79. The number of nitriles is 1. The Balaban J connectivity index is 1.48. The van der Waals surface area contributed by atoms with Crippen molar-refractivity contribution in [2.24, 2.45) is 11.1 Å². The number of ether oxygens (including phenoxy) is 1. The van der Waals surface area contributed by atoms with Gasteiger partial charge in [-0.1, -0.05) is 12.6 Å². The molecule has 4 heterocycles. The van der Waals surface area contributed by atoms with Gasteiger partial charge in [0, 0.05) is 55.9 Å². The van der Waals surface area contributed by atoms with E-state index in [2.05, 4.69) is 34.5 Å². The molecular formula is C28H34N8O3. The van der Waals surface area contributed by atoms with Crippen LogP contribution in [0.15, 0.2) is 36.9 Å². The van der Waals surface area contributed by atoms with E-state index in [4.69, 9.17) is 15.5 Å². The minimum absolute atomic E-state index is 0.0359. The Kier molecular flexibility index (Phi) is 7.14. The first-order valence-electron chi connectivity index (χ1n) is 13.2. The Morgan fingerprint density at radius 2 is 2.10 bits per heavy atom. The van der Waals surface area contributed by atoms with Crippen LogP contribution in [0.4, 0.5) is 17.3 Å². The van der Waals surface area contributed by atoms with E-state index in [-0.39, 0.29) is 23.4 Å². The van der Waals surface area contributed by atoms with Gasteiger partial charge in [-0.15, -0.1) is 0 Å². The van der Waals surface area contributed by atoms with Gasteiger partial charge in [0.25, 0.3) is 0 Å². The highest BCUT2D eigenvalue weighted by atomic mass is 16.5. The summed E-state index contributed by atoms with van der Waals surface area (Å²) < 4.78 is 6.14. The van der Waals surface area contributed by atoms with Crippen molar-refractivity contribution < 1.29 is 14.3 Å². The maximum Gasteiger partial charge on any atom is 0.320 e. The molecule has 3 aliphatic rings. The SMILES string of the molecule is C=CC(=O)N1CC2(CCN(c3nc(OCC4CCCN4C)nc(N(C)c4cccc(C(N)=O)c4)c3C#N)C2)C1. The summed E-state index contributed by atoms with van der Waals surface area (Å²) >= 11 is 0. The summed E-state index contributed by atoms with van der Waals surface area (Å²) in [5.41, 5.74) is 6.81. The Morgan fingerprint density at radius 1 is 1.31 bits per heavy atom. The molecule has 1 unspecified atom stereocenters. The lowest BCUT2D eigenvalue weighted by Gasteiger charge is -2.47. The number of likely N-dealkylation sites (tertiary alicyclic amines) is 2. The van der Waals surface area contributed by atoms with Gasteiger partial charge in [0.2, 0.25) is 11.8 Å². The number of amides is 2. The van der Waals surface area contributed by atoms with Crippen molar-refractivity contribution in [2.45, 2.75) is 25.3 Å². The quantitative estimate of drug-likeness (QED) is 0.508. The van der Waals surface area contributed by atoms with Crippen LogP contribution in [0.5, 0.6) is 6.01 Å². The molecule has 2 N–H and O–H groups in total. The average Bonchev–Trinajstić information content (AvgIpc) is 3.56. The van der Waals surface area contributed by atoms with Gasteiger partial charge in [-0.05, 0) is 57.1 Å². The molecule has 3 saturated heterocycles. The third-order valence-corrected chi connectivity index (χ3v) is 8.15. The van der Waals surface area contributed by atoms with E-state index in [1.165, 1.54) is 6.08 Å². The van der Waals surface area contributed by atoms with Crippen molar-refractivity contribution in [3.8, 4) is 12.1 Å². The fourth-order valence-electron chi connectivity index (χ4n) is 5.83. The summed E-state index contributed by atoms with van der Waals surface area (Å²) in [6, 6.07) is 9.68. The van der Waals surface area contributed by atoms with Crippen molar-refractivity contribution in [3.05, 3.63) is 48.0 Å². The number of benzene rings is 1. The largest absolute Gasteiger partial charge is 0.462 e. The zero-order valence-electron chi connectivity index (χ0n) is 22.5. The zero-order valence-corrected chi connectivity index (χ0v) is 22.5. The zero-order chi connectivity index (χ0) is 27.7. The number of aromatic nitrogens is 2. The van der Waals surface area contributed by atoms with Crippen molar-refractivity contribution >= 4 is 29.1 Å². The number of primary amides is 1. The van der Waals surface area contributed by atoms with Crippen LogP contribution in [-0.2, 0) is 4.79 Å².